The monoisotopic (exact) mass is 365 g/mol. The molecular weight excluding hydrogens is 350 g/mol. The highest BCUT2D eigenvalue weighted by Crippen LogP contribution is 2.19. The molecule has 0 atom stereocenters. The summed E-state index contributed by atoms with van der Waals surface area (Å²) in [5.74, 6) is 0.393. The summed E-state index contributed by atoms with van der Waals surface area (Å²) in [6.07, 6.45) is 4.66. The molecule has 3 rings (SSSR count). The van der Waals surface area contributed by atoms with Gasteiger partial charge in [0.2, 0.25) is 0 Å². The highest BCUT2D eigenvalue weighted by Gasteiger charge is 2.03. The fourth-order valence-corrected chi connectivity index (χ4v) is 2.38. The lowest BCUT2D eigenvalue weighted by molar-refractivity contribution is 0.0955. The van der Waals surface area contributed by atoms with Crippen molar-refractivity contribution in [2.75, 3.05) is 0 Å². The number of hydrazone groups is 1. The fourth-order valence-electron chi connectivity index (χ4n) is 2.19. The Morgan fingerprint density at radius 1 is 1.12 bits per heavy atom. The van der Waals surface area contributed by atoms with Crippen molar-refractivity contribution in [2.24, 2.45) is 5.10 Å². The highest BCUT2D eigenvalue weighted by molar-refractivity contribution is 6.31. The van der Waals surface area contributed by atoms with Crippen molar-refractivity contribution in [3.05, 3.63) is 94.8 Å². The fraction of sp³-hybridized carbons (Fsp3) is 0.0500. The minimum atomic E-state index is -0.297. The number of pyridine rings is 1. The van der Waals surface area contributed by atoms with Crippen LogP contribution in [0.3, 0.4) is 0 Å². The van der Waals surface area contributed by atoms with Crippen molar-refractivity contribution in [2.45, 2.75) is 6.61 Å². The molecule has 2 aromatic carbocycles. The Bertz CT molecular complexity index is 914. The first-order valence-corrected chi connectivity index (χ1v) is 8.30. The third kappa shape index (κ3) is 4.91. The highest BCUT2D eigenvalue weighted by atomic mass is 35.5. The van der Waals surface area contributed by atoms with Crippen LogP contribution in [0.1, 0.15) is 21.5 Å². The first-order chi connectivity index (χ1) is 12.7. The van der Waals surface area contributed by atoms with Gasteiger partial charge in [0, 0.05) is 28.5 Å². The summed E-state index contributed by atoms with van der Waals surface area (Å²) < 4.78 is 5.77. The molecule has 0 aliphatic heterocycles. The molecule has 0 unspecified atom stereocenters. The summed E-state index contributed by atoms with van der Waals surface area (Å²) >= 11 is 6.13. The molecule has 1 amide bonds. The summed E-state index contributed by atoms with van der Waals surface area (Å²) in [5.41, 5.74) is 4.69. The van der Waals surface area contributed by atoms with Gasteiger partial charge in [-0.3, -0.25) is 9.78 Å². The lowest BCUT2D eigenvalue weighted by Crippen LogP contribution is -2.17. The zero-order chi connectivity index (χ0) is 18.2. The second-order valence-electron chi connectivity index (χ2n) is 5.39. The predicted octanol–water partition coefficient (Wildman–Crippen LogP) is 4.08. The molecule has 0 fully saturated rings. The SMILES string of the molecule is O=C(N/N=C/c1cccc(OCc2ccccc2Cl)c1)c1ccncc1. The number of nitrogens with zero attached hydrogens (tertiary/aromatic N) is 2. The second-order valence-corrected chi connectivity index (χ2v) is 5.79. The average molecular weight is 366 g/mol. The van der Waals surface area contributed by atoms with Gasteiger partial charge in [-0.25, -0.2) is 5.43 Å². The van der Waals surface area contributed by atoms with Gasteiger partial charge in [-0.15, -0.1) is 0 Å². The van der Waals surface area contributed by atoms with Gasteiger partial charge in [0.15, 0.2) is 0 Å². The number of hydrogen-bond acceptors (Lipinski definition) is 4. The van der Waals surface area contributed by atoms with Crippen molar-refractivity contribution >= 4 is 23.7 Å². The Morgan fingerprint density at radius 2 is 1.92 bits per heavy atom. The Kier molecular flexibility index (Phi) is 5.96. The Balaban J connectivity index is 1.58. The summed E-state index contributed by atoms with van der Waals surface area (Å²) in [6.45, 7) is 0.374. The maximum atomic E-state index is 11.9. The molecule has 0 radical (unpaired) electrons. The molecular formula is C20H16ClN3O2. The van der Waals surface area contributed by atoms with Crippen LogP contribution in [0, 0.1) is 0 Å². The molecule has 1 heterocycles. The van der Waals surface area contributed by atoms with Crippen LogP contribution < -0.4 is 10.2 Å². The number of amides is 1. The number of hydrogen-bond donors (Lipinski definition) is 1. The normalized spacial score (nSPS) is 10.7. The molecule has 0 aliphatic rings. The number of nitrogens with one attached hydrogen (secondary N) is 1. The van der Waals surface area contributed by atoms with Crippen molar-refractivity contribution in [3.8, 4) is 5.75 Å². The van der Waals surface area contributed by atoms with E-state index in [1.54, 1.807) is 30.7 Å². The van der Waals surface area contributed by atoms with Gasteiger partial charge < -0.3 is 4.74 Å². The van der Waals surface area contributed by atoms with Gasteiger partial charge in [0.1, 0.15) is 12.4 Å². The number of rotatable bonds is 6. The van der Waals surface area contributed by atoms with Crippen molar-refractivity contribution in [3.63, 3.8) is 0 Å². The van der Waals surface area contributed by atoms with E-state index >= 15 is 0 Å². The van der Waals surface area contributed by atoms with Crippen LogP contribution in [0.5, 0.6) is 5.75 Å². The molecule has 5 nitrogen and oxygen atoms in total. The maximum absolute atomic E-state index is 11.9. The molecule has 0 saturated heterocycles. The molecule has 26 heavy (non-hydrogen) atoms. The van der Waals surface area contributed by atoms with Gasteiger partial charge in [-0.05, 0) is 35.9 Å². The molecule has 6 heteroatoms. The van der Waals surface area contributed by atoms with Gasteiger partial charge >= 0.3 is 0 Å². The van der Waals surface area contributed by atoms with E-state index < -0.39 is 0 Å². The molecule has 0 saturated carbocycles. The van der Waals surface area contributed by atoms with Crippen LogP contribution in [-0.4, -0.2) is 17.1 Å². The zero-order valence-electron chi connectivity index (χ0n) is 13.8. The first kappa shape index (κ1) is 17.6. The van der Waals surface area contributed by atoms with E-state index in [-0.39, 0.29) is 5.91 Å². The number of aromatic nitrogens is 1. The van der Waals surface area contributed by atoms with Gasteiger partial charge in [-0.1, -0.05) is 41.9 Å². The van der Waals surface area contributed by atoms with Crippen LogP contribution in [0.15, 0.2) is 78.2 Å². The van der Waals surface area contributed by atoms with E-state index in [1.807, 2.05) is 48.5 Å². The van der Waals surface area contributed by atoms with Crippen LogP contribution in [-0.2, 0) is 6.61 Å². The number of carbonyl (C=O) groups is 1. The van der Waals surface area contributed by atoms with E-state index in [1.165, 1.54) is 0 Å². The largest absolute Gasteiger partial charge is 0.489 e. The Hall–Kier alpha value is -3.18. The number of ether oxygens (including phenoxy) is 1. The molecule has 0 bridgehead atoms. The summed E-state index contributed by atoms with van der Waals surface area (Å²) in [4.78, 5) is 15.8. The Labute approximate surface area is 156 Å². The molecule has 130 valence electrons. The van der Waals surface area contributed by atoms with E-state index in [2.05, 4.69) is 15.5 Å². The number of halogens is 1. The molecule has 1 aromatic heterocycles. The van der Waals surface area contributed by atoms with Gasteiger partial charge in [0.25, 0.3) is 5.91 Å². The minimum Gasteiger partial charge on any atom is -0.489 e. The first-order valence-electron chi connectivity index (χ1n) is 7.92. The predicted molar refractivity (Wildman–Crippen MR) is 102 cm³/mol. The number of carbonyl (C=O) groups excluding carboxylic acids is 1. The van der Waals surface area contributed by atoms with Crippen molar-refractivity contribution in [1.82, 2.24) is 10.4 Å². The van der Waals surface area contributed by atoms with E-state index in [9.17, 15) is 4.79 Å². The Morgan fingerprint density at radius 3 is 2.73 bits per heavy atom. The minimum absolute atomic E-state index is 0.297. The summed E-state index contributed by atoms with van der Waals surface area (Å²) in [5, 5.41) is 4.64. The van der Waals surface area contributed by atoms with E-state index in [0.29, 0.717) is 22.9 Å². The van der Waals surface area contributed by atoms with Crippen molar-refractivity contribution < 1.29 is 9.53 Å². The molecule has 0 spiro atoms. The smallest absolute Gasteiger partial charge is 0.271 e. The lowest BCUT2D eigenvalue weighted by atomic mass is 10.2. The van der Waals surface area contributed by atoms with Crippen LogP contribution in [0.4, 0.5) is 0 Å². The van der Waals surface area contributed by atoms with E-state index in [4.69, 9.17) is 16.3 Å². The van der Waals surface area contributed by atoms with Crippen molar-refractivity contribution in [1.29, 1.82) is 0 Å². The van der Waals surface area contributed by atoms with Crippen LogP contribution >= 0.6 is 11.6 Å². The van der Waals surface area contributed by atoms with Gasteiger partial charge in [-0.2, -0.15) is 5.10 Å². The van der Waals surface area contributed by atoms with Crippen LogP contribution in [0.2, 0.25) is 5.02 Å². The quantitative estimate of drug-likeness (QED) is 0.529. The standard InChI is InChI=1S/C20H16ClN3O2/c21-19-7-2-1-5-17(19)14-26-18-6-3-4-15(12-18)13-23-24-20(25)16-8-10-22-11-9-16/h1-13H,14H2,(H,24,25)/b23-13+. The van der Waals surface area contributed by atoms with E-state index in [0.717, 1.165) is 11.1 Å². The zero-order valence-corrected chi connectivity index (χ0v) is 14.6. The average Bonchev–Trinajstić information content (AvgIpc) is 2.68. The van der Waals surface area contributed by atoms with Crippen LogP contribution in [0.25, 0.3) is 0 Å². The second kappa shape index (κ2) is 8.78. The maximum Gasteiger partial charge on any atom is 0.271 e. The molecule has 0 aliphatic carbocycles. The third-order valence-electron chi connectivity index (χ3n) is 3.53. The molecule has 3 aromatic rings. The van der Waals surface area contributed by atoms with Gasteiger partial charge in [0.05, 0.1) is 6.21 Å². The molecule has 1 N–H and O–H groups in total. The lowest BCUT2D eigenvalue weighted by Gasteiger charge is -2.08. The topological polar surface area (TPSA) is 63.6 Å². The summed E-state index contributed by atoms with van der Waals surface area (Å²) in [6, 6.07) is 18.2. The number of benzene rings is 2. The third-order valence-corrected chi connectivity index (χ3v) is 3.90. The summed E-state index contributed by atoms with van der Waals surface area (Å²) in [7, 11) is 0.